The van der Waals surface area contributed by atoms with Crippen molar-refractivity contribution in [2.24, 2.45) is 0 Å². The second-order valence-electron chi connectivity index (χ2n) is 6.96. The highest BCUT2D eigenvalue weighted by Crippen LogP contribution is 2.17. The summed E-state index contributed by atoms with van der Waals surface area (Å²) in [4.78, 5) is 16.5. The van der Waals surface area contributed by atoms with Crippen molar-refractivity contribution in [3.05, 3.63) is 47.0 Å². The van der Waals surface area contributed by atoms with E-state index in [2.05, 4.69) is 41.1 Å². The number of carbonyl (C=O) groups is 1. The van der Waals surface area contributed by atoms with Crippen LogP contribution in [0.2, 0.25) is 0 Å². The lowest BCUT2D eigenvalue weighted by Crippen LogP contribution is -2.48. The molecular weight excluding hydrogens is 362 g/mol. The van der Waals surface area contributed by atoms with Gasteiger partial charge in [-0.2, -0.15) is 0 Å². The molecule has 4 rings (SSSR count). The van der Waals surface area contributed by atoms with E-state index in [-0.39, 0.29) is 18.4 Å². The average molecular weight is 386 g/mol. The molecule has 0 saturated carbocycles. The first-order valence-electron chi connectivity index (χ1n) is 9.25. The average Bonchev–Trinajstić information content (AvgIpc) is 3.09. The molecule has 2 amide bonds. The molecule has 0 radical (unpaired) electrons. The molecule has 2 aliphatic heterocycles. The number of hydrogen-bond acceptors (Lipinski definition) is 3. The predicted molar refractivity (Wildman–Crippen MR) is 106 cm³/mol. The Hall–Kier alpha value is -2.52. The molecule has 2 aromatic rings. The van der Waals surface area contributed by atoms with Crippen LogP contribution in [-0.2, 0) is 13.1 Å². The molecule has 3 heterocycles. The van der Waals surface area contributed by atoms with Crippen molar-refractivity contribution in [3.63, 3.8) is 0 Å². The minimum atomic E-state index is 0. The topological polar surface area (TPSA) is 54.3 Å². The van der Waals surface area contributed by atoms with Crippen LogP contribution in [0.25, 0.3) is 0 Å². The maximum atomic E-state index is 12.7. The summed E-state index contributed by atoms with van der Waals surface area (Å²) in [5, 5.41) is 8.49. The van der Waals surface area contributed by atoms with Crippen LogP contribution in [0.5, 0.6) is 0 Å². The van der Waals surface area contributed by atoms with Gasteiger partial charge in [0.05, 0.1) is 6.54 Å². The molecule has 1 aromatic carbocycles. The Kier molecular flexibility index (Phi) is 6.02. The van der Waals surface area contributed by atoms with Gasteiger partial charge in [0.15, 0.2) is 5.82 Å². The van der Waals surface area contributed by atoms with Crippen molar-refractivity contribution in [3.8, 4) is 11.8 Å². The number of halogens is 1. The molecule has 0 spiro atoms. The van der Waals surface area contributed by atoms with Gasteiger partial charge in [0.1, 0.15) is 0 Å². The highest BCUT2D eigenvalue weighted by Gasteiger charge is 2.27. The van der Waals surface area contributed by atoms with Crippen molar-refractivity contribution in [1.82, 2.24) is 24.6 Å². The molecule has 27 heavy (non-hydrogen) atoms. The second-order valence-corrected chi connectivity index (χ2v) is 6.96. The van der Waals surface area contributed by atoms with Crippen LogP contribution in [0.3, 0.4) is 0 Å². The van der Waals surface area contributed by atoms with E-state index in [4.69, 9.17) is 0 Å². The molecule has 2 aliphatic rings. The molecule has 1 aromatic heterocycles. The molecule has 0 atom stereocenters. The van der Waals surface area contributed by atoms with Gasteiger partial charge in [-0.1, -0.05) is 18.1 Å². The first kappa shape index (κ1) is 19.2. The Balaban J connectivity index is 0.00000210. The Morgan fingerprint density at radius 3 is 2.59 bits per heavy atom. The molecule has 7 heteroatoms. The fourth-order valence-electron chi connectivity index (χ4n) is 3.55. The van der Waals surface area contributed by atoms with Crippen LogP contribution < -0.4 is 0 Å². The van der Waals surface area contributed by atoms with Crippen molar-refractivity contribution >= 4 is 18.4 Å². The molecule has 1 fully saturated rings. The number of aryl methyl sites for hydroxylation is 1. The lowest BCUT2D eigenvalue weighted by molar-refractivity contribution is 0.131. The standard InChI is InChI=1S/C20H23N5O.ClH/c1-16-6-5-7-17(14-16)8-9-18-21-22-19-15-24(12-13-25(18)19)20(26)23-10-3-2-4-11-23;/h5-7,14H,2-4,10-13,15H2,1H3;1H. The molecule has 142 valence electrons. The molecule has 1 saturated heterocycles. The van der Waals surface area contributed by atoms with Gasteiger partial charge < -0.3 is 14.4 Å². The van der Waals surface area contributed by atoms with E-state index in [1.165, 1.54) is 12.0 Å². The highest BCUT2D eigenvalue weighted by molar-refractivity contribution is 5.85. The first-order chi connectivity index (χ1) is 12.7. The van der Waals surface area contributed by atoms with Crippen molar-refractivity contribution in [2.45, 2.75) is 39.3 Å². The summed E-state index contributed by atoms with van der Waals surface area (Å²) in [7, 11) is 0. The quantitative estimate of drug-likeness (QED) is 0.655. The number of likely N-dealkylation sites (tertiary alicyclic amines) is 1. The number of urea groups is 1. The fraction of sp³-hybridized carbons (Fsp3) is 0.450. The van der Waals surface area contributed by atoms with Crippen LogP contribution in [0.4, 0.5) is 4.79 Å². The van der Waals surface area contributed by atoms with Gasteiger partial charge in [-0.05, 0) is 49.8 Å². The normalized spacial score (nSPS) is 16.0. The number of piperidine rings is 1. The third-order valence-corrected chi connectivity index (χ3v) is 4.99. The Morgan fingerprint density at radius 2 is 1.81 bits per heavy atom. The summed E-state index contributed by atoms with van der Waals surface area (Å²) >= 11 is 0. The van der Waals surface area contributed by atoms with Crippen molar-refractivity contribution < 1.29 is 4.79 Å². The third kappa shape index (κ3) is 4.25. The SMILES string of the molecule is Cc1cccc(C#Cc2nnc3n2CCN(C(=O)N2CCCCC2)C3)c1.Cl. The summed E-state index contributed by atoms with van der Waals surface area (Å²) in [5.74, 6) is 7.78. The number of rotatable bonds is 0. The first-order valence-corrected chi connectivity index (χ1v) is 9.25. The highest BCUT2D eigenvalue weighted by atomic mass is 35.5. The van der Waals surface area contributed by atoms with E-state index in [9.17, 15) is 4.79 Å². The van der Waals surface area contributed by atoms with E-state index >= 15 is 0 Å². The molecule has 0 aliphatic carbocycles. The lowest BCUT2D eigenvalue weighted by Gasteiger charge is -2.34. The summed E-state index contributed by atoms with van der Waals surface area (Å²) in [5.41, 5.74) is 2.16. The maximum Gasteiger partial charge on any atom is 0.320 e. The minimum Gasteiger partial charge on any atom is -0.325 e. The maximum absolute atomic E-state index is 12.7. The van der Waals surface area contributed by atoms with Gasteiger partial charge in [0.2, 0.25) is 5.82 Å². The van der Waals surface area contributed by atoms with Crippen LogP contribution in [0.15, 0.2) is 24.3 Å². The number of amides is 2. The van der Waals surface area contributed by atoms with Gasteiger partial charge in [0.25, 0.3) is 0 Å². The van der Waals surface area contributed by atoms with Crippen LogP contribution in [-0.4, -0.2) is 50.2 Å². The Labute approximate surface area is 166 Å². The molecule has 0 N–H and O–H groups in total. The number of carbonyl (C=O) groups excluding carboxylic acids is 1. The summed E-state index contributed by atoms with van der Waals surface area (Å²) in [6, 6.07) is 8.23. The summed E-state index contributed by atoms with van der Waals surface area (Å²) in [6.45, 7) is 5.68. The minimum absolute atomic E-state index is 0. The van der Waals surface area contributed by atoms with E-state index in [0.717, 1.165) is 37.3 Å². The summed E-state index contributed by atoms with van der Waals surface area (Å²) < 4.78 is 2.03. The third-order valence-electron chi connectivity index (χ3n) is 4.99. The van der Waals surface area contributed by atoms with Crippen molar-refractivity contribution in [1.29, 1.82) is 0 Å². The Bertz CT molecular complexity index is 876. The smallest absolute Gasteiger partial charge is 0.320 e. The second kappa shape index (κ2) is 8.45. The molecule has 0 bridgehead atoms. The van der Waals surface area contributed by atoms with Crippen LogP contribution in [0.1, 0.15) is 42.0 Å². The van der Waals surface area contributed by atoms with Crippen LogP contribution in [0, 0.1) is 18.8 Å². The lowest BCUT2D eigenvalue weighted by atomic mass is 10.1. The monoisotopic (exact) mass is 385 g/mol. The number of fused-ring (bicyclic) bond motifs is 1. The molecule has 6 nitrogen and oxygen atoms in total. The summed E-state index contributed by atoms with van der Waals surface area (Å²) in [6.07, 6.45) is 3.43. The van der Waals surface area contributed by atoms with Gasteiger partial charge in [-0.3, -0.25) is 0 Å². The van der Waals surface area contributed by atoms with Gasteiger partial charge in [-0.15, -0.1) is 22.6 Å². The Morgan fingerprint density at radius 1 is 1.00 bits per heavy atom. The largest absolute Gasteiger partial charge is 0.325 e. The van der Waals surface area contributed by atoms with E-state index < -0.39 is 0 Å². The van der Waals surface area contributed by atoms with Gasteiger partial charge in [-0.25, -0.2) is 4.79 Å². The van der Waals surface area contributed by atoms with Crippen LogP contribution >= 0.6 is 12.4 Å². The predicted octanol–water partition coefficient (Wildman–Crippen LogP) is 2.83. The zero-order valence-electron chi connectivity index (χ0n) is 15.5. The number of hydrogen-bond donors (Lipinski definition) is 0. The zero-order valence-corrected chi connectivity index (χ0v) is 16.3. The van der Waals surface area contributed by atoms with E-state index in [1.54, 1.807) is 0 Å². The van der Waals surface area contributed by atoms with Gasteiger partial charge >= 0.3 is 6.03 Å². The molecule has 0 unspecified atom stereocenters. The zero-order chi connectivity index (χ0) is 17.9. The van der Waals surface area contributed by atoms with E-state index in [0.29, 0.717) is 25.5 Å². The number of nitrogens with zero attached hydrogens (tertiary/aromatic N) is 5. The van der Waals surface area contributed by atoms with Gasteiger partial charge in [0, 0.05) is 31.7 Å². The number of benzene rings is 1. The van der Waals surface area contributed by atoms with Crippen molar-refractivity contribution in [2.75, 3.05) is 19.6 Å². The number of aromatic nitrogens is 3. The van der Waals surface area contributed by atoms with E-state index in [1.807, 2.05) is 26.5 Å². The molecular formula is C20H24ClN5O. The fourth-order valence-corrected chi connectivity index (χ4v) is 3.55.